The van der Waals surface area contributed by atoms with E-state index in [9.17, 15) is 0 Å². The fourth-order valence-electron chi connectivity index (χ4n) is 1.96. The van der Waals surface area contributed by atoms with Crippen molar-refractivity contribution in [2.45, 2.75) is 25.1 Å². The van der Waals surface area contributed by atoms with Gasteiger partial charge in [0.05, 0.1) is 0 Å². The highest BCUT2D eigenvalue weighted by Gasteiger charge is 2.25. The normalized spacial score (nSPS) is 25.2. The Morgan fingerprint density at radius 3 is 3.12 bits per heavy atom. The highest BCUT2D eigenvalue weighted by Crippen LogP contribution is 2.28. The van der Waals surface area contributed by atoms with Crippen LogP contribution >= 0.6 is 11.8 Å². The maximum absolute atomic E-state index is 8.84. The molecule has 0 N–H and O–H groups in total. The van der Waals surface area contributed by atoms with Gasteiger partial charge in [-0.3, -0.25) is 0 Å². The van der Waals surface area contributed by atoms with Crippen LogP contribution in [0.1, 0.15) is 19.5 Å². The molecule has 2 heterocycles. The molecular weight excluding hydrogens is 218 g/mol. The SMILES string of the molecule is CC1SCCN(c2ccnc(C#N)c2)C1C. The third-order valence-corrected chi connectivity index (χ3v) is 4.41. The second kappa shape index (κ2) is 4.75. The predicted octanol–water partition coefficient (Wildman–Crippen LogP) is 2.28. The number of aromatic nitrogens is 1. The Balaban J connectivity index is 2.26. The van der Waals surface area contributed by atoms with E-state index in [-0.39, 0.29) is 0 Å². The molecule has 1 saturated heterocycles. The minimum atomic E-state index is 0.496. The molecule has 16 heavy (non-hydrogen) atoms. The van der Waals surface area contributed by atoms with Gasteiger partial charge in [-0.2, -0.15) is 17.0 Å². The molecule has 1 aromatic rings. The highest BCUT2D eigenvalue weighted by atomic mass is 32.2. The van der Waals surface area contributed by atoms with Crippen molar-refractivity contribution in [1.82, 2.24) is 4.98 Å². The van der Waals surface area contributed by atoms with Gasteiger partial charge in [-0.05, 0) is 19.1 Å². The number of pyridine rings is 1. The number of nitriles is 1. The standard InChI is InChI=1S/C12H15N3S/c1-9-10(2)16-6-5-15(9)12-3-4-14-11(7-12)8-13/h3-4,7,9-10H,5-6H2,1-2H3. The third-order valence-electron chi connectivity index (χ3n) is 3.07. The molecule has 4 heteroatoms. The van der Waals surface area contributed by atoms with Crippen LogP contribution in [0.4, 0.5) is 5.69 Å². The van der Waals surface area contributed by atoms with Crippen LogP contribution in [0.2, 0.25) is 0 Å². The van der Waals surface area contributed by atoms with Crippen molar-refractivity contribution in [3.63, 3.8) is 0 Å². The zero-order chi connectivity index (χ0) is 11.5. The average molecular weight is 233 g/mol. The van der Waals surface area contributed by atoms with Crippen LogP contribution in [0.3, 0.4) is 0 Å². The van der Waals surface area contributed by atoms with E-state index < -0.39 is 0 Å². The van der Waals surface area contributed by atoms with Crippen LogP contribution in [0.15, 0.2) is 18.3 Å². The largest absolute Gasteiger partial charge is 0.367 e. The highest BCUT2D eigenvalue weighted by molar-refractivity contribution is 8.00. The molecule has 0 saturated carbocycles. The topological polar surface area (TPSA) is 39.9 Å². The summed E-state index contributed by atoms with van der Waals surface area (Å²) >= 11 is 2.01. The van der Waals surface area contributed by atoms with Gasteiger partial charge in [-0.15, -0.1) is 0 Å². The van der Waals surface area contributed by atoms with Crippen LogP contribution in [0.25, 0.3) is 0 Å². The summed E-state index contributed by atoms with van der Waals surface area (Å²) in [6.45, 7) is 5.54. The Kier molecular flexibility index (Phi) is 3.35. The minimum Gasteiger partial charge on any atom is -0.367 e. The maximum atomic E-state index is 8.84. The van der Waals surface area contributed by atoms with E-state index in [0.717, 1.165) is 18.0 Å². The fraction of sp³-hybridized carbons (Fsp3) is 0.500. The first-order chi connectivity index (χ1) is 7.72. The van der Waals surface area contributed by atoms with Crippen LogP contribution in [-0.4, -0.2) is 28.6 Å². The first-order valence-electron chi connectivity index (χ1n) is 5.47. The Hall–Kier alpha value is -1.21. The van der Waals surface area contributed by atoms with Crippen LogP contribution < -0.4 is 4.90 Å². The number of anilines is 1. The molecule has 2 rings (SSSR count). The van der Waals surface area contributed by atoms with E-state index in [1.54, 1.807) is 6.20 Å². The van der Waals surface area contributed by atoms with Gasteiger partial charge in [0.15, 0.2) is 0 Å². The summed E-state index contributed by atoms with van der Waals surface area (Å²) in [6, 6.07) is 6.46. The second-order valence-corrected chi connectivity index (χ2v) is 5.51. The third kappa shape index (κ3) is 2.14. The van der Waals surface area contributed by atoms with Gasteiger partial charge in [-0.1, -0.05) is 6.92 Å². The maximum Gasteiger partial charge on any atom is 0.142 e. The lowest BCUT2D eigenvalue weighted by Crippen LogP contribution is -2.44. The average Bonchev–Trinajstić information content (AvgIpc) is 2.33. The van der Waals surface area contributed by atoms with Crippen molar-refractivity contribution in [2.75, 3.05) is 17.2 Å². The Bertz CT molecular complexity index is 413. The monoisotopic (exact) mass is 233 g/mol. The Morgan fingerprint density at radius 1 is 1.56 bits per heavy atom. The number of rotatable bonds is 1. The van der Waals surface area contributed by atoms with Crippen molar-refractivity contribution in [1.29, 1.82) is 5.26 Å². The molecule has 1 aliphatic rings. The summed E-state index contributed by atoms with van der Waals surface area (Å²) in [7, 11) is 0. The van der Waals surface area contributed by atoms with Gasteiger partial charge < -0.3 is 4.90 Å². The summed E-state index contributed by atoms with van der Waals surface area (Å²) in [5.74, 6) is 1.15. The second-order valence-electron chi connectivity index (χ2n) is 4.02. The first-order valence-corrected chi connectivity index (χ1v) is 6.51. The molecule has 1 fully saturated rings. The summed E-state index contributed by atoms with van der Waals surface area (Å²) in [5.41, 5.74) is 1.61. The zero-order valence-corrected chi connectivity index (χ0v) is 10.4. The smallest absolute Gasteiger partial charge is 0.142 e. The number of hydrogen-bond acceptors (Lipinski definition) is 4. The van der Waals surface area contributed by atoms with Gasteiger partial charge >= 0.3 is 0 Å². The predicted molar refractivity (Wildman–Crippen MR) is 67.7 cm³/mol. The van der Waals surface area contributed by atoms with Gasteiger partial charge in [-0.25, -0.2) is 4.98 Å². The van der Waals surface area contributed by atoms with Crippen molar-refractivity contribution in [3.05, 3.63) is 24.0 Å². The molecule has 0 radical (unpaired) electrons. The molecule has 1 aliphatic heterocycles. The molecule has 0 aliphatic carbocycles. The van der Waals surface area contributed by atoms with E-state index in [1.807, 2.05) is 23.9 Å². The molecular formula is C12H15N3S. The van der Waals surface area contributed by atoms with Crippen molar-refractivity contribution in [2.24, 2.45) is 0 Å². The van der Waals surface area contributed by atoms with Gasteiger partial charge in [0, 0.05) is 35.5 Å². The van der Waals surface area contributed by atoms with Crippen molar-refractivity contribution in [3.8, 4) is 6.07 Å². The molecule has 0 bridgehead atoms. The minimum absolute atomic E-state index is 0.496. The quantitative estimate of drug-likeness (QED) is 0.746. The van der Waals surface area contributed by atoms with Crippen LogP contribution in [0, 0.1) is 11.3 Å². The van der Waals surface area contributed by atoms with Crippen LogP contribution in [-0.2, 0) is 0 Å². The van der Waals surface area contributed by atoms with E-state index in [0.29, 0.717) is 17.0 Å². The summed E-state index contributed by atoms with van der Waals surface area (Å²) in [5, 5.41) is 9.48. The number of thioether (sulfide) groups is 1. The first kappa shape index (κ1) is 11.3. The molecule has 0 amide bonds. The lowest BCUT2D eigenvalue weighted by Gasteiger charge is -2.39. The molecule has 3 nitrogen and oxygen atoms in total. The zero-order valence-electron chi connectivity index (χ0n) is 9.55. The molecule has 2 unspecified atom stereocenters. The van der Waals surface area contributed by atoms with Crippen LogP contribution in [0.5, 0.6) is 0 Å². The van der Waals surface area contributed by atoms with E-state index in [4.69, 9.17) is 5.26 Å². The fourth-order valence-corrected chi connectivity index (χ4v) is 3.06. The van der Waals surface area contributed by atoms with E-state index >= 15 is 0 Å². The van der Waals surface area contributed by atoms with Crippen molar-refractivity contribution < 1.29 is 0 Å². The number of nitrogens with zero attached hydrogens (tertiary/aromatic N) is 3. The van der Waals surface area contributed by atoms with Gasteiger partial charge in [0.1, 0.15) is 11.8 Å². The van der Waals surface area contributed by atoms with E-state index in [2.05, 4.69) is 29.8 Å². The molecule has 0 aromatic carbocycles. The van der Waals surface area contributed by atoms with Gasteiger partial charge in [0.2, 0.25) is 0 Å². The molecule has 0 spiro atoms. The number of hydrogen-bond donors (Lipinski definition) is 0. The Labute approximate surface area is 100 Å². The Morgan fingerprint density at radius 2 is 2.38 bits per heavy atom. The van der Waals surface area contributed by atoms with Gasteiger partial charge in [0.25, 0.3) is 0 Å². The lowest BCUT2D eigenvalue weighted by molar-refractivity contribution is 0.627. The molecule has 2 atom stereocenters. The molecule has 1 aromatic heterocycles. The lowest BCUT2D eigenvalue weighted by atomic mass is 10.1. The van der Waals surface area contributed by atoms with E-state index in [1.165, 1.54) is 0 Å². The molecule has 84 valence electrons. The summed E-state index contributed by atoms with van der Waals surface area (Å²) < 4.78 is 0. The summed E-state index contributed by atoms with van der Waals surface area (Å²) in [4.78, 5) is 6.37. The van der Waals surface area contributed by atoms with Crippen molar-refractivity contribution >= 4 is 17.4 Å². The summed E-state index contributed by atoms with van der Waals surface area (Å²) in [6.07, 6.45) is 1.72.